The number of halogens is 1. The Morgan fingerprint density at radius 3 is 2.72 bits per heavy atom. The van der Waals surface area contributed by atoms with Crippen LogP contribution in [0.15, 0.2) is 36.5 Å². The number of nitrogen functional groups attached to an aromatic ring is 1. The van der Waals surface area contributed by atoms with E-state index in [4.69, 9.17) is 10.5 Å². The van der Waals surface area contributed by atoms with Crippen molar-refractivity contribution in [2.24, 2.45) is 0 Å². The molecule has 1 aromatic carbocycles. The highest BCUT2D eigenvalue weighted by atomic mass is 19.1. The molecule has 0 fully saturated rings. The van der Waals surface area contributed by atoms with Gasteiger partial charge in [0.1, 0.15) is 5.75 Å². The first-order valence-electron chi connectivity index (χ1n) is 9.52. The Bertz CT molecular complexity index is 1100. The van der Waals surface area contributed by atoms with Crippen molar-refractivity contribution in [3.8, 4) is 16.9 Å². The Morgan fingerprint density at radius 1 is 1.17 bits per heavy atom. The maximum Gasteiger partial charge on any atom is 0.220 e. The van der Waals surface area contributed by atoms with Gasteiger partial charge in [-0.3, -0.25) is 4.79 Å². The largest absolute Gasteiger partial charge is 0.494 e. The predicted octanol–water partition coefficient (Wildman–Crippen LogP) is 3.88. The van der Waals surface area contributed by atoms with Crippen LogP contribution in [-0.2, 0) is 6.42 Å². The third kappa shape index (κ3) is 3.44. The monoisotopic (exact) mass is 392 g/mol. The Kier molecular flexibility index (Phi) is 4.96. The zero-order valence-electron chi connectivity index (χ0n) is 16.3. The molecule has 2 aromatic heterocycles. The molecule has 0 amide bonds. The number of carbonyl (C=O) groups is 1. The number of hydrogen-bond donors (Lipinski definition) is 1. The predicted molar refractivity (Wildman–Crippen MR) is 107 cm³/mol. The van der Waals surface area contributed by atoms with Gasteiger partial charge >= 0.3 is 0 Å². The summed E-state index contributed by atoms with van der Waals surface area (Å²) in [6, 6.07) is 8.86. The number of benzene rings is 1. The fraction of sp³-hybridized carbons (Fsp3) is 0.273. The van der Waals surface area contributed by atoms with Crippen molar-refractivity contribution in [2.45, 2.75) is 32.6 Å². The number of pyridine rings is 1. The maximum atomic E-state index is 14.5. The fourth-order valence-corrected chi connectivity index (χ4v) is 4.07. The number of rotatable bonds is 4. The van der Waals surface area contributed by atoms with Crippen molar-refractivity contribution in [3.63, 3.8) is 0 Å². The normalized spacial score (nSPS) is 15.8. The molecule has 7 heteroatoms. The van der Waals surface area contributed by atoms with E-state index in [0.29, 0.717) is 46.9 Å². The van der Waals surface area contributed by atoms with Crippen molar-refractivity contribution >= 4 is 11.7 Å². The Morgan fingerprint density at radius 2 is 1.97 bits per heavy atom. The molecule has 6 nitrogen and oxygen atoms in total. The van der Waals surface area contributed by atoms with E-state index in [1.807, 2.05) is 25.1 Å². The molecule has 0 spiro atoms. The first-order chi connectivity index (χ1) is 14.0. The van der Waals surface area contributed by atoms with Crippen LogP contribution in [0, 0.1) is 12.9 Å². The molecule has 1 aliphatic carbocycles. The Balaban J connectivity index is 1.88. The summed E-state index contributed by atoms with van der Waals surface area (Å²) in [6.07, 6.45) is 2.17. The van der Waals surface area contributed by atoms with Gasteiger partial charge in [0, 0.05) is 29.7 Å². The van der Waals surface area contributed by atoms with Crippen molar-refractivity contribution in [3.05, 3.63) is 65.0 Å². The summed E-state index contributed by atoms with van der Waals surface area (Å²) in [7, 11) is 0. The molecule has 0 bridgehead atoms. The number of hydrogen-bond acceptors (Lipinski definition) is 6. The molecule has 1 atom stereocenters. The van der Waals surface area contributed by atoms with Crippen molar-refractivity contribution in [1.82, 2.24) is 15.0 Å². The van der Waals surface area contributed by atoms with E-state index in [9.17, 15) is 9.18 Å². The van der Waals surface area contributed by atoms with Crippen LogP contribution in [0.3, 0.4) is 0 Å². The van der Waals surface area contributed by atoms with Crippen molar-refractivity contribution < 1.29 is 13.9 Å². The Hall–Kier alpha value is -3.35. The van der Waals surface area contributed by atoms with Gasteiger partial charge in [-0.2, -0.15) is 4.39 Å². The second-order valence-corrected chi connectivity index (χ2v) is 7.01. The van der Waals surface area contributed by atoms with Gasteiger partial charge in [0.15, 0.2) is 5.78 Å². The van der Waals surface area contributed by atoms with E-state index in [1.54, 1.807) is 19.1 Å². The second kappa shape index (κ2) is 7.58. The van der Waals surface area contributed by atoms with Gasteiger partial charge in [-0.1, -0.05) is 12.1 Å². The van der Waals surface area contributed by atoms with Crippen molar-refractivity contribution in [2.75, 3.05) is 12.3 Å². The summed E-state index contributed by atoms with van der Waals surface area (Å²) in [5, 5.41) is 0. The van der Waals surface area contributed by atoms with Gasteiger partial charge in [0.05, 0.1) is 23.6 Å². The summed E-state index contributed by atoms with van der Waals surface area (Å²) in [5.74, 6) is -0.0503. The molecule has 29 heavy (non-hydrogen) atoms. The number of Topliss-reactive ketones (excluding diaryl/α,β-unsaturated/α-hetero) is 1. The fourth-order valence-electron chi connectivity index (χ4n) is 4.07. The highest BCUT2D eigenvalue weighted by Crippen LogP contribution is 2.43. The summed E-state index contributed by atoms with van der Waals surface area (Å²) in [5.41, 5.74) is 9.40. The molecule has 0 radical (unpaired) electrons. The third-order valence-corrected chi connectivity index (χ3v) is 5.16. The van der Waals surface area contributed by atoms with E-state index < -0.39 is 5.95 Å². The van der Waals surface area contributed by atoms with Gasteiger partial charge in [0.2, 0.25) is 11.9 Å². The number of nitrogens with two attached hydrogens (primary N) is 1. The third-order valence-electron chi connectivity index (χ3n) is 5.16. The maximum absolute atomic E-state index is 14.5. The molecule has 3 aromatic rings. The first-order valence-corrected chi connectivity index (χ1v) is 9.52. The average molecular weight is 392 g/mol. The number of nitrogens with zero attached hydrogens (tertiary/aromatic N) is 3. The average Bonchev–Trinajstić information content (AvgIpc) is 2.67. The molecule has 0 saturated heterocycles. The molecule has 2 N–H and O–H groups in total. The number of ether oxygens (including phenoxy) is 1. The Labute approximate surface area is 168 Å². The number of aromatic nitrogens is 3. The summed E-state index contributed by atoms with van der Waals surface area (Å²) < 4.78 is 20.4. The molecule has 4 rings (SSSR count). The van der Waals surface area contributed by atoms with Crippen molar-refractivity contribution in [1.29, 1.82) is 0 Å². The molecule has 1 aliphatic rings. The minimum atomic E-state index is -0.563. The quantitative estimate of drug-likeness (QED) is 0.678. The van der Waals surface area contributed by atoms with Crippen LogP contribution < -0.4 is 10.5 Å². The molecule has 1 unspecified atom stereocenters. The minimum absolute atomic E-state index is 0.0438. The molecule has 2 heterocycles. The lowest BCUT2D eigenvalue weighted by molar-refractivity contribution is 0.0961. The zero-order valence-corrected chi connectivity index (χ0v) is 16.3. The van der Waals surface area contributed by atoms with Crippen LogP contribution in [0.25, 0.3) is 11.1 Å². The van der Waals surface area contributed by atoms with E-state index in [0.717, 1.165) is 5.56 Å². The van der Waals surface area contributed by atoms with E-state index in [-0.39, 0.29) is 24.1 Å². The van der Waals surface area contributed by atoms with Crippen LogP contribution in [0.4, 0.5) is 10.3 Å². The zero-order chi connectivity index (χ0) is 20.5. The standard InChI is InChI=1S/C22H21FN4O2/c1-3-29-18-8-4-6-14(15-7-5-9-25-21(15)23)20(18)13-10-16-19(17(28)11-13)12(2)26-22(24)27-16/h4-9,13H,3,10-11H2,1-2H3,(H2,24,26,27). The molecule has 148 valence electrons. The second-order valence-electron chi connectivity index (χ2n) is 7.01. The van der Waals surface area contributed by atoms with Crippen LogP contribution >= 0.6 is 0 Å². The summed E-state index contributed by atoms with van der Waals surface area (Å²) >= 11 is 0. The topological polar surface area (TPSA) is 91.0 Å². The van der Waals surface area contributed by atoms with Gasteiger partial charge in [-0.05, 0) is 44.0 Å². The lowest BCUT2D eigenvalue weighted by Crippen LogP contribution is -2.23. The van der Waals surface area contributed by atoms with Gasteiger partial charge in [-0.25, -0.2) is 15.0 Å². The molecular formula is C22H21FN4O2. The SMILES string of the molecule is CCOc1cccc(-c2cccnc2F)c1C1CC(=O)c2c(C)nc(N)nc2C1. The minimum Gasteiger partial charge on any atom is -0.494 e. The van der Waals surface area contributed by atoms with Crippen LogP contribution in [0.2, 0.25) is 0 Å². The van der Waals surface area contributed by atoms with E-state index >= 15 is 0 Å². The van der Waals surface area contributed by atoms with Crippen LogP contribution in [0.5, 0.6) is 5.75 Å². The molecule has 0 aliphatic heterocycles. The highest BCUT2D eigenvalue weighted by molar-refractivity contribution is 6.00. The molecular weight excluding hydrogens is 371 g/mol. The number of aryl methyl sites for hydroxylation is 1. The van der Waals surface area contributed by atoms with Gasteiger partial charge in [0.25, 0.3) is 0 Å². The smallest absolute Gasteiger partial charge is 0.220 e. The highest BCUT2D eigenvalue weighted by Gasteiger charge is 2.33. The van der Waals surface area contributed by atoms with Gasteiger partial charge < -0.3 is 10.5 Å². The summed E-state index contributed by atoms with van der Waals surface area (Å²) in [4.78, 5) is 25.2. The number of carbonyl (C=O) groups excluding carboxylic acids is 1. The summed E-state index contributed by atoms with van der Waals surface area (Å²) in [6.45, 7) is 4.11. The van der Waals surface area contributed by atoms with Crippen LogP contribution in [0.1, 0.15) is 46.6 Å². The lowest BCUT2D eigenvalue weighted by Gasteiger charge is -2.27. The number of anilines is 1. The van der Waals surface area contributed by atoms with Crippen LogP contribution in [-0.4, -0.2) is 27.3 Å². The van der Waals surface area contributed by atoms with E-state index in [1.165, 1.54) is 6.20 Å². The van der Waals surface area contributed by atoms with Gasteiger partial charge in [-0.15, -0.1) is 0 Å². The molecule has 0 saturated carbocycles. The lowest BCUT2D eigenvalue weighted by atomic mass is 9.78. The number of fused-ring (bicyclic) bond motifs is 1. The van der Waals surface area contributed by atoms with E-state index in [2.05, 4.69) is 15.0 Å². The first kappa shape index (κ1) is 19.0. The number of ketones is 1.